The molecule has 16 heavy (non-hydrogen) atoms. The van der Waals surface area contributed by atoms with Crippen molar-refractivity contribution in [3.63, 3.8) is 0 Å². The number of sulfonamides is 1. The summed E-state index contributed by atoms with van der Waals surface area (Å²) in [6.07, 6.45) is 4.14. The van der Waals surface area contributed by atoms with E-state index >= 15 is 0 Å². The second-order valence-electron chi connectivity index (χ2n) is 3.97. The molecule has 1 aliphatic carbocycles. The molecular weight excluding hydrogens is 252 g/mol. The molecular formula is C9H15ClN2O3S. The fourth-order valence-corrected chi connectivity index (χ4v) is 2.59. The number of furan rings is 1. The number of nitrogens with two attached hydrogens (primary N) is 1. The predicted octanol–water partition coefficient (Wildman–Crippen LogP) is 0.861. The highest BCUT2D eigenvalue weighted by molar-refractivity contribution is 7.89. The third-order valence-electron chi connectivity index (χ3n) is 2.72. The Balaban J connectivity index is 0.00000128. The maximum absolute atomic E-state index is 11.6. The zero-order valence-electron chi connectivity index (χ0n) is 8.68. The van der Waals surface area contributed by atoms with Gasteiger partial charge in [-0.15, -0.1) is 12.4 Å². The molecule has 0 radical (unpaired) electrons. The van der Waals surface area contributed by atoms with Crippen LogP contribution in [0.5, 0.6) is 0 Å². The van der Waals surface area contributed by atoms with Gasteiger partial charge >= 0.3 is 0 Å². The number of halogens is 1. The minimum atomic E-state index is -3.52. The van der Waals surface area contributed by atoms with Crippen molar-refractivity contribution in [2.45, 2.75) is 29.9 Å². The molecule has 1 aromatic rings. The third kappa shape index (κ3) is 2.76. The number of nitrogens with one attached hydrogen (secondary N) is 1. The monoisotopic (exact) mass is 266 g/mol. The Kier molecular flexibility index (Phi) is 4.01. The normalized spacial score (nSPS) is 18.6. The highest BCUT2D eigenvalue weighted by atomic mass is 35.5. The molecule has 5 nitrogen and oxygen atoms in total. The van der Waals surface area contributed by atoms with Crippen LogP contribution in [0.2, 0.25) is 0 Å². The van der Waals surface area contributed by atoms with Gasteiger partial charge in [0, 0.05) is 12.1 Å². The Labute approximate surface area is 101 Å². The number of hydrogen-bond donors (Lipinski definition) is 2. The molecule has 0 atom stereocenters. The van der Waals surface area contributed by atoms with E-state index < -0.39 is 10.0 Å². The average Bonchev–Trinajstić information content (AvgIpc) is 2.65. The molecule has 1 aliphatic rings. The summed E-state index contributed by atoms with van der Waals surface area (Å²) in [5, 5.41) is -0.0644. The van der Waals surface area contributed by atoms with E-state index in [1.165, 1.54) is 18.4 Å². The summed E-state index contributed by atoms with van der Waals surface area (Å²) in [4.78, 5) is 0. The summed E-state index contributed by atoms with van der Waals surface area (Å²) in [5.41, 5.74) is 5.54. The van der Waals surface area contributed by atoms with Crippen molar-refractivity contribution < 1.29 is 12.8 Å². The standard InChI is InChI=1S/C9H14N2O3S.ClH/c10-9(4-2-5-9)7-11-15(12,13)8-3-1-6-14-8;/h1,3,6,11H,2,4-5,7,10H2;1H. The van der Waals surface area contributed by atoms with Gasteiger partial charge in [-0.05, 0) is 31.4 Å². The van der Waals surface area contributed by atoms with Crippen molar-refractivity contribution in [1.29, 1.82) is 0 Å². The topological polar surface area (TPSA) is 85.3 Å². The second-order valence-corrected chi connectivity index (χ2v) is 5.67. The van der Waals surface area contributed by atoms with Gasteiger partial charge in [-0.25, -0.2) is 13.1 Å². The molecule has 2 rings (SSSR count). The van der Waals surface area contributed by atoms with Crippen LogP contribution in [0.4, 0.5) is 0 Å². The summed E-state index contributed by atoms with van der Waals surface area (Å²) in [6.45, 7) is 0.274. The van der Waals surface area contributed by atoms with Gasteiger partial charge in [0.1, 0.15) is 0 Å². The van der Waals surface area contributed by atoms with Crippen molar-refractivity contribution in [2.75, 3.05) is 6.54 Å². The molecule has 1 aromatic heterocycles. The van der Waals surface area contributed by atoms with Crippen LogP contribution in [0, 0.1) is 0 Å². The van der Waals surface area contributed by atoms with Crippen LogP contribution < -0.4 is 10.5 Å². The fourth-order valence-electron chi connectivity index (χ4n) is 1.53. The lowest BCUT2D eigenvalue weighted by atomic mass is 9.78. The minimum Gasteiger partial charge on any atom is -0.452 e. The van der Waals surface area contributed by atoms with Gasteiger partial charge in [0.2, 0.25) is 5.09 Å². The van der Waals surface area contributed by atoms with Crippen LogP contribution in [0.1, 0.15) is 19.3 Å². The first kappa shape index (κ1) is 13.5. The molecule has 1 fully saturated rings. The molecule has 0 unspecified atom stereocenters. The molecule has 0 amide bonds. The molecule has 7 heteroatoms. The zero-order valence-corrected chi connectivity index (χ0v) is 10.3. The first-order chi connectivity index (χ1) is 7.02. The lowest BCUT2D eigenvalue weighted by Crippen LogP contribution is -2.54. The van der Waals surface area contributed by atoms with E-state index in [1.807, 2.05) is 0 Å². The van der Waals surface area contributed by atoms with Crippen molar-refractivity contribution in [3.8, 4) is 0 Å². The molecule has 1 heterocycles. The van der Waals surface area contributed by atoms with Gasteiger partial charge in [0.15, 0.2) is 0 Å². The molecule has 1 saturated carbocycles. The van der Waals surface area contributed by atoms with Gasteiger partial charge in [-0.3, -0.25) is 0 Å². The smallest absolute Gasteiger partial charge is 0.274 e. The molecule has 0 saturated heterocycles. The van der Waals surface area contributed by atoms with Crippen LogP contribution in [0.3, 0.4) is 0 Å². The Morgan fingerprint density at radius 1 is 1.50 bits per heavy atom. The first-order valence-corrected chi connectivity index (χ1v) is 6.32. The summed E-state index contributed by atoms with van der Waals surface area (Å²) in [7, 11) is -3.52. The van der Waals surface area contributed by atoms with Gasteiger partial charge in [-0.2, -0.15) is 0 Å². The van der Waals surface area contributed by atoms with E-state index in [0.29, 0.717) is 0 Å². The maximum Gasteiger partial charge on any atom is 0.274 e. The van der Waals surface area contributed by atoms with Crippen LogP contribution in [0.25, 0.3) is 0 Å². The largest absolute Gasteiger partial charge is 0.452 e. The Morgan fingerprint density at radius 2 is 2.19 bits per heavy atom. The van der Waals surface area contributed by atoms with Gasteiger partial charge in [0.25, 0.3) is 10.0 Å². The SMILES string of the molecule is Cl.NC1(CNS(=O)(=O)c2ccco2)CCC1. The van der Waals surface area contributed by atoms with E-state index in [4.69, 9.17) is 10.2 Å². The average molecular weight is 267 g/mol. The summed E-state index contributed by atoms with van der Waals surface area (Å²) < 4.78 is 30.5. The highest BCUT2D eigenvalue weighted by Gasteiger charge is 2.34. The summed E-state index contributed by atoms with van der Waals surface area (Å²) in [5.74, 6) is 0. The zero-order chi connectivity index (χ0) is 10.9. The molecule has 0 spiro atoms. The summed E-state index contributed by atoms with van der Waals surface area (Å²) in [6, 6.07) is 2.95. The van der Waals surface area contributed by atoms with E-state index in [-0.39, 0.29) is 29.6 Å². The van der Waals surface area contributed by atoms with Crippen LogP contribution >= 0.6 is 12.4 Å². The van der Waals surface area contributed by atoms with E-state index in [0.717, 1.165) is 19.3 Å². The number of rotatable bonds is 4. The van der Waals surface area contributed by atoms with Gasteiger partial charge in [-0.1, -0.05) is 0 Å². The number of hydrogen-bond acceptors (Lipinski definition) is 4. The molecule has 0 aromatic carbocycles. The lowest BCUT2D eigenvalue weighted by Gasteiger charge is -2.37. The van der Waals surface area contributed by atoms with Crippen molar-refractivity contribution in [3.05, 3.63) is 18.4 Å². The van der Waals surface area contributed by atoms with Crippen molar-refractivity contribution >= 4 is 22.4 Å². The molecule has 0 aliphatic heterocycles. The predicted molar refractivity (Wildman–Crippen MR) is 61.9 cm³/mol. The highest BCUT2D eigenvalue weighted by Crippen LogP contribution is 2.28. The third-order valence-corrected chi connectivity index (χ3v) is 4.01. The van der Waals surface area contributed by atoms with Crippen LogP contribution in [0.15, 0.2) is 27.9 Å². The maximum atomic E-state index is 11.6. The van der Waals surface area contributed by atoms with Crippen LogP contribution in [-0.2, 0) is 10.0 Å². The second kappa shape index (κ2) is 4.75. The van der Waals surface area contributed by atoms with Crippen molar-refractivity contribution in [1.82, 2.24) is 4.72 Å². The quantitative estimate of drug-likeness (QED) is 0.846. The molecule has 3 N–H and O–H groups in total. The lowest BCUT2D eigenvalue weighted by molar-refractivity contribution is 0.250. The molecule has 0 bridgehead atoms. The molecule has 92 valence electrons. The van der Waals surface area contributed by atoms with Gasteiger partial charge in [0.05, 0.1) is 6.26 Å². The van der Waals surface area contributed by atoms with Crippen LogP contribution in [-0.4, -0.2) is 20.5 Å². The Bertz CT molecular complexity index is 426. The summed E-state index contributed by atoms with van der Waals surface area (Å²) >= 11 is 0. The van der Waals surface area contributed by atoms with E-state index in [1.54, 1.807) is 0 Å². The van der Waals surface area contributed by atoms with E-state index in [9.17, 15) is 8.42 Å². The van der Waals surface area contributed by atoms with Gasteiger partial charge < -0.3 is 10.2 Å². The Morgan fingerprint density at radius 3 is 2.62 bits per heavy atom. The Hall–Kier alpha value is -0.560. The van der Waals surface area contributed by atoms with E-state index in [2.05, 4.69) is 4.72 Å². The fraction of sp³-hybridized carbons (Fsp3) is 0.556. The first-order valence-electron chi connectivity index (χ1n) is 4.84. The van der Waals surface area contributed by atoms with Crippen molar-refractivity contribution in [2.24, 2.45) is 5.73 Å². The minimum absolute atomic E-state index is 0.